The summed E-state index contributed by atoms with van der Waals surface area (Å²) in [6, 6.07) is 7.22. The average molecular weight is 404 g/mol. The van der Waals surface area contributed by atoms with Gasteiger partial charge in [0.05, 0.1) is 19.2 Å². The molecule has 2 aromatic rings. The summed E-state index contributed by atoms with van der Waals surface area (Å²) in [5.41, 5.74) is 1.36. The lowest BCUT2D eigenvalue weighted by atomic mass is 10.1. The minimum Gasteiger partial charge on any atom is -0.493 e. The van der Waals surface area contributed by atoms with Crippen molar-refractivity contribution in [2.75, 3.05) is 32.2 Å². The van der Waals surface area contributed by atoms with Crippen molar-refractivity contribution in [2.24, 2.45) is 0 Å². The lowest BCUT2D eigenvalue weighted by molar-refractivity contribution is 0.0950. The second-order valence-corrected chi connectivity index (χ2v) is 7.21. The van der Waals surface area contributed by atoms with Crippen LogP contribution >= 0.6 is 11.6 Å². The third kappa shape index (κ3) is 4.87. The number of nitrogens with one attached hydrogen (secondary N) is 1. The van der Waals surface area contributed by atoms with E-state index in [1.54, 1.807) is 12.1 Å². The van der Waals surface area contributed by atoms with E-state index in [4.69, 9.17) is 21.1 Å². The SMILES string of the molecule is COc1cc(C(=O)NCc2ccc(N3CCCCCC3)nc2)cc(Cl)c1OC. The molecule has 0 radical (unpaired) electrons. The van der Waals surface area contributed by atoms with E-state index in [1.807, 2.05) is 18.3 Å². The van der Waals surface area contributed by atoms with Crippen LogP contribution in [0.3, 0.4) is 0 Å². The number of halogens is 1. The van der Waals surface area contributed by atoms with Gasteiger partial charge in [-0.25, -0.2) is 4.98 Å². The standard InChI is InChI=1S/C21H26ClN3O3/c1-27-18-12-16(11-17(22)20(18)28-2)21(26)24-14-15-7-8-19(23-13-15)25-9-5-3-4-6-10-25/h7-8,11-13H,3-6,9-10,14H2,1-2H3,(H,24,26). The molecule has 1 aliphatic heterocycles. The highest BCUT2D eigenvalue weighted by Gasteiger charge is 2.15. The number of carbonyl (C=O) groups is 1. The quantitative estimate of drug-likeness (QED) is 0.787. The van der Waals surface area contributed by atoms with Crippen LogP contribution in [0.5, 0.6) is 11.5 Å². The number of benzene rings is 1. The van der Waals surface area contributed by atoms with Gasteiger partial charge < -0.3 is 19.7 Å². The maximum atomic E-state index is 12.5. The topological polar surface area (TPSA) is 63.7 Å². The molecule has 28 heavy (non-hydrogen) atoms. The predicted octanol–water partition coefficient (Wildman–Crippen LogP) is 4.06. The molecule has 3 rings (SSSR count). The van der Waals surface area contributed by atoms with Crippen molar-refractivity contribution in [3.8, 4) is 11.5 Å². The van der Waals surface area contributed by atoms with Gasteiger partial charge >= 0.3 is 0 Å². The van der Waals surface area contributed by atoms with Crippen LogP contribution in [0.1, 0.15) is 41.6 Å². The number of hydrogen-bond donors (Lipinski definition) is 1. The Bertz CT molecular complexity index is 803. The van der Waals surface area contributed by atoms with Crippen molar-refractivity contribution in [1.29, 1.82) is 0 Å². The molecule has 6 nitrogen and oxygen atoms in total. The lowest BCUT2D eigenvalue weighted by Crippen LogP contribution is -2.25. The highest BCUT2D eigenvalue weighted by Crippen LogP contribution is 2.36. The Hall–Kier alpha value is -2.47. The molecule has 7 heteroatoms. The van der Waals surface area contributed by atoms with Crippen LogP contribution in [0, 0.1) is 0 Å². The van der Waals surface area contributed by atoms with Crippen molar-refractivity contribution < 1.29 is 14.3 Å². The summed E-state index contributed by atoms with van der Waals surface area (Å²) in [6.07, 6.45) is 6.84. The summed E-state index contributed by atoms with van der Waals surface area (Å²) >= 11 is 6.18. The third-order valence-corrected chi connectivity index (χ3v) is 5.17. The highest BCUT2D eigenvalue weighted by atomic mass is 35.5. The van der Waals surface area contributed by atoms with Crippen molar-refractivity contribution in [3.05, 3.63) is 46.6 Å². The molecule has 0 atom stereocenters. The minimum atomic E-state index is -0.237. The smallest absolute Gasteiger partial charge is 0.251 e. The average Bonchev–Trinajstić information content (AvgIpc) is 3.01. The molecular weight excluding hydrogens is 378 g/mol. The summed E-state index contributed by atoms with van der Waals surface area (Å²) in [6.45, 7) is 2.50. The zero-order chi connectivity index (χ0) is 19.9. The lowest BCUT2D eigenvalue weighted by Gasteiger charge is -2.21. The van der Waals surface area contributed by atoms with Gasteiger partial charge in [-0.1, -0.05) is 30.5 Å². The van der Waals surface area contributed by atoms with E-state index < -0.39 is 0 Å². The fourth-order valence-corrected chi connectivity index (χ4v) is 3.63. The van der Waals surface area contributed by atoms with Crippen LogP contribution in [0.2, 0.25) is 5.02 Å². The summed E-state index contributed by atoms with van der Waals surface area (Å²) in [5.74, 6) is 1.60. The Labute approximate surface area is 170 Å². The molecule has 150 valence electrons. The van der Waals surface area contributed by atoms with Crippen molar-refractivity contribution in [3.63, 3.8) is 0 Å². The predicted molar refractivity (Wildman–Crippen MR) is 111 cm³/mol. The van der Waals surface area contributed by atoms with E-state index in [9.17, 15) is 4.79 Å². The Balaban J connectivity index is 1.62. The van der Waals surface area contributed by atoms with Gasteiger partial charge in [-0.15, -0.1) is 0 Å². The number of carbonyl (C=O) groups excluding carboxylic acids is 1. The molecule has 1 saturated heterocycles. The van der Waals surface area contributed by atoms with Crippen LogP contribution in [0.25, 0.3) is 0 Å². The molecule has 0 unspecified atom stereocenters. The normalized spacial score (nSPS) is 14.3. The number of rotatable bonds is 6. The molecule has 1 N–H and O–H groups in total. The zero-order valence-corrected chi connectivity index (χ0v) is 17.1. The summed E-state index contributed by atoms with van der Waals surface area (Å²) < 4.78 is 10.4. The first-order valence-electron chi connectivity index (χ1n) is 9.52. The molecular formula is C21H26ClN3O3. The summed E-state index contributed by atoms with van der Waals surface area (Å²) in [7, 11) is 3.01. The van der Waals surface area contributed by atoms with Gasteiger partial charge in [-0.2, -0.15) is 0 Å². The second kappa shape index (κ2) is 9.64. The van der Waals surface area contributed by atoms with Gasteiger partial charge in [0, 0.05) is 31.4 Å². The van der Waals surface area contributed by atoms with Crippen molar-refractivity contribution >= 4 is 23.3 Å². The maximum absolute atomic E-state index is 12.5. The third-order valence-electron chi connectivity index (χ3n) is 4.89. The van der Waals surface area contributed by atoms with Gasteiger partial charge in [-0.05, 0) is 36.6 Å². The zero-order valence-electron chi connectivity index (χ0n) is 16.3. The Kier molecular flexibility index (Phi) is 6.98. The minimum absolute atomic E-state index is 0.237. The fourth-order valence-electron chi connectivity index (χ4n) is 3.34. The van der Waals surface area contributed by atoms with E-state index in [2.05, 4.69) is 15.2 Å². The Morgan fingerprint density at radius 2 is 1.89 bits per heavy atom. The van der Waals surface area contributed by atoms with E-state index in [0.717, 1.165) is 24.5 Å². The number of anilines is 1. The highest BCUT2D eigenvalue weighted by molar-refractivity contribution is 6.32. The van der Waals surface area contributed by atoms with Crippen LogP contribution in [-0.2, 0) is 6.54 Å². The first-order chi connectivity index (χ1) is 13.6. The number of aromatic nitrogens is 1. The molecule has 1 amide bonds. The van der Waals surface area contributed by atoms with Gasteiger partial charge in [-0.3, -0.25) is 4.79 Å². The number of hydrogen-bond acceptors (Lipinski definition) is 5. The van der Waals surface area contributed by atoms with Crippen LogP contribution in [0.4, 0.5) is 5.82 Å². The monoisotopic (exact) mass is 403 g/mol. The molecule has 0 bridgehead atoms. The largest absolute Gasteiger partial charge is 0.493 e. The number of pyridine rings is 1. The first-order valence-corrected chi connectivity index (χ1v) is 9.89. The molecule has 1 fully saturated rings. The summed E-state index contributed by atoms with van der Waals surface area (Å²) in [5, 5.41) is 3.22. The number of amides is 1. The van der Waals surface area contributed by atoms with Crippen LogP contribution < -0.4 is 19.7 Å². The maximum Gasteiger partial charge on any atom is 0.251 e. The molecule has 2 heterocycles. The fraction of sp³-hybridized carbons (Fsp3) is 0.429. The van der Waals surface area contributed by atoms with Gasteiger partial charge in [0.25, 0.3) is 5.91 Å². The first kappa shape index (κ1) is 20.3. The van der Waals surface area contributed by atoms with E-state index in [1.165, 1.54) is 39.9 Å². The van der Waals surface area contributed by atoms with E-state index >= 15 is 0 Å². The van der Waals surface area contributed by atoms with Crippen LogP contribution in [-0.4, -0.2) is 38.2 Å². The van der Waals surface area contributed by atoms with Gasteiger partial charge in [0.2, 0.25) is 0 Å². The second-order valence-electron chi connectivity index (χ2n) is 6.80. The van der Waals surface area contributed by atoms with E-state index in [0.29, 0.717) is 28.6 Å². The molecule has 0 saturated carbocycles. The van der Waals surface area contributed by atoms with Crippen LogP contribution in [0.15, 0.2) is 30.5 Å². The molecule has 1 aromatic heterocycles. The van der Waals surface area contributed by atoms with Gasteiger partial charge in [0.1, 0.15) is 5.82 Å². The molecule has 1 aromatic carbocycles. The molecule has 0 aliphatic carbocycles. The summed E-state index contributed by atoms with van der Waals surface area (Å²) in [4.78, 5) is 19.4. The molecule has 0 spiro atoms. The van der Waals surface area contributed by atoms with E-state index in [-0.39, 0.29) is 5.91 Å². The Morgan fingerprint density at radius 1 is 1.14 bits per heavy atom. The number of nitrogens with zero attached hydrogens (tertiary/aromatic N) is 2. The number of ether oxygens (including phenoxy) is 2. The van der Waals surface area contributed by atoms with Gasteiger partial charge in [0.15, 0.2) is 11.5 Å². The molecule has 1 aliphatic rings. The number of methoxy groups -OCH3 is 2. The van der Waals surface area contributed by atoms with Crippen molar-refractivity contribution in [1.82, 2.24) is 10.3 Å². The van der Waals surface area contributed by atoms with Crippen molar-refractivity contribution in [2.45, 2.75) is 32.2 Å². The Morgan fingerprint density at radius 3 is 2.50 bits per heavy atom.